The summed E-state index contributed by atoms with van der Waals surface area (Å²) >= 11 is 6.02. The van der Waals surface area contributed by atoms with E-state index in [1.165, 1.54) is 0 Å². The zero-order valence-electron chi connectivity index (χ0n) is 11.5. The van der Waals surface area contributed by atoms with Gasteiger partial charge in [-0.2, -0.15) is 0 Å². The number of aryl methyl sites for hydroxylation is 2. The summed E-state index contributed by atoms with van der Waals surface area (Å²) in [6.07, 6.45) is 1.80. The number of imidazole rings is 1. The highest BCUT2D eigenvalue weighted by Crippen LogP contribution is 2.19. The first-order valence-corrected chi connectivity index (χ1v) is 7.01. The Labute approximate surface area is 122 Å². The second kappa shape index (κ2) is 5.21. The Kier molecular flexibility index (Phi) is 3.40. The molecule has 0 aliphatic carbocycles. The normalized spacial score (nSPS) is 11.2. The SMILES string of the molecule is Cc1cccc(Cn2c(CCl)nc3c(C)ccnc32)n1. The second-order valence-corrected chi connectivity index (χ2v) is 5.09. The van der Waals surface area contributed by atoms with Gasteiger partial charge < -0.3 is 4.57 Å². The average Bonchev–Trinajstić information content (AvgIpc) is 2.79. The fraction of sp³-hybridized carbons (Fsp3) is 0.267. The van der Waals surface area contributed by atoms with Crippen LogP contribution in [0.3, 0.4) is 0 Å². The van der Waals surface area contributed by atoms with Gasteiger partial charge in [0.25, 0.3) is 0 Å². The summed E-state index contributed by atoms with van der Waals surface area (Å²) in [5, 5.41) is 0. The third-order valence-electron chi connectivity index (χ3n) is 3.30. The zero-order chi connectivity index (χ0) is 14.1. The van der Waals surface area contributed by atoms with Gasteiger partial charge in [-0.1, -0.05) is 6.07 Å². The molecule has 3 aromatic heterocycles. The van der Waals surface area contributed by atoms with Crippen LogP contribution in [0.4, 0.5) is 0 Å². The van der Waals surface area contributed by atoms with E-state index in [0.717, 1.165) is 33.9 Å². The quantitative estimate of drug-likeness (QED) is 0.694. The molecule has 0 aromatic carbocycles. The van der Waals surface area contributed by atoms with E-state index in [2.05, 4.69) is 15.0 Å². The Balaban J connectivity index is 2.12. The highest BCUT2D eigenvalue weighted by atomic mass is 35.5. The predicted molar refractivity (Wildman–Crippen MR) is 79.9 cm³/mol. The molecule has 0 N–H and O–H groups in total. The Morgan fingerprint density at radius 2 is 2.00 bits per heavy atom. The maximum Gasteiger partial charge on any atom is 0.160 e. The van der Waals surface area contributed by atoms with E-state index in [1.807, 2.05) is 42.7 Å². The molecule has 0 saturated carbocycles. The Morgan fingerprint density at radius 1 is 1.15 bits per heavy atom. The smallest absolute Gasteiger partial charge is 0.160 e. The van der Waals surface area contributed by atoms with Crippen molar-refractivity contribution in [1.29, 1.82) is 0 Å². The molecular formula is C15H15ClN4. The van der Waals surface area contributed by atoms with Gasteiger partial charge in [0.15, 0.2) is 5.65 Å². The van der Waals surface area contributed by atoms with Gasteiger partial charge in [0, 0.05) is 11.9 Å². The molecular weight excluding hydrogens is 272 g/mol. The lowest BCUT2D eigenvalue weighted by molar-refractivity contribution is 0.748. The van der Waals surface area contributed by atoms with Gasteiger partial charge in [-0.15, -0.1) is 11.6 Å². The van der Waals surface area contributed by atoms with Crippen LogP contribution in [0.15, 0.2) is 30.5 Å². The number of fused-ring (bicyclic) bond motifs is 1. The fourth-order valence-corrected chi connectivity index (χ4v) is 2.51. The summed E-state index contributed by atoms with van der Waals surface area (Å²) in [6, 6.07) is 7.96. The van der Waals surface area contributed by atoms with Crippen molar-refractivity contribution in [1.82, 2.24) is 19.5 Å². The average molecular weight is 287 g/mol. The van der Waals surface area contributed by atoms with Crippen molar-refractivity contribution in [3.63, 3.8) is 0 Å². The van der Waals surface area contributed by atoms with Crippen LogP contribution >= 0.6 is 11.6 Å². The first-order chi connectivity index (χ1) is 9.69. The van der Waals surface area contributed by atoms with Crippen molar-refractivity contribution < 1.29 is 0 Å². The predicted octanol–water partition coefficient (Wildman–Crippen LogP) is 3.23. The Morgan fingerprint density at radius 3 is 2.75 bits per heavy atom. The third kappa shape index (κ3) is 2.27. The molecule has 0 spiro atoms. The lowest BCUT2D eigenvalue weighted by atomic mass is 10.2. The van der Waals surface area contributed by atoms with Crippen molar-refractivity contribution >= 4 is 22.8 Å². The zero-order valence-corrected chi connectivity index (χ0v) is 12.2. The Bertz CT molecular complexity index is 764. The maximum absolute atomic E-state index is 6.02. The van der Waals surface area contributed by atoms with Gasteiger partial charge in [-0.05, 0) is 37.6 Å². The molecule has 3 rings (SSSR count). The van der Waals surface area contributed by atoms with Crippen LogP contribution < -0.4 is 0 Å². The number of rotatable bonds is 3. The van der Waals surface area contributed by atoms with Crippen LogP contribution in [0, 0.1) is 13.8 Å². The molecule has 0 aliphatic rings. The highest BCUT2D eigenvalue weighted by Gasteiger charge is 2.13. The fourth-order valence-electron chi connectivity index (χ4n) is 2.30. The van der Waals surface area contributed by atoms with Crippen LogP contribution in [0.2, 0.25) is 0 Å². The Hall–Kier alpha value is -1.94. The topological polar surface area (TPSA) is 43.6 Å². The van der Waals surface area contributed by atoms with Gasteiger partial charge in [-0.25, -0.2) is 9.97 Å². The van der Waals surface area contributed by atoms with Crippen molar-refractivity contribution in [3.8, 4) is 0 Å². The van der Waals surface area contributed by atoms with Crippen LogP contribution in [0.1, 0.15) is 22.8 Å². The number of pyridine rings is 2. The molecule has 0 amide bonds. The van der Waals surface area contributed by atoms with E-state index in [1.54, 1.807) is 6.20 Å². The van der Waals surface area contributed by atoms with E-state index < -0.39 is 0 Å². The number of halogens is 1. The molecule has 0 bridgehead atoms. The lowest BCUT2D eigenvalue weighted by Crippen LogP contribution is -2.06. The van der Waals surface area contributed by atoms with Crippen LogP contribution in [0.25, 0.3) is 11.2 Å². The molecule has 0 saturated heterocycles. The van der Waals surface area contributed by atoms with Crippen molar-refractivity contribution in [2.24, 2.45) is 0 Å². The largest absolute Gasteiger partial charge is 0.306 e. The first kappa shape index (κ1) is 13.1. The number of aromatic nitrogens is 4. The molecule has 0 unspecified atom stereocenters. The number of nitrogens with zero attached hydrogens (tertiary/aromatic N) is 4. The van der Waals surface area contributed by atoms with Gasteiger partial charge in [0.1, 0.15) is 11.3 Å². The molecule has 4 nitrogen and oxygen atoms in total. The third-order valence-corrected chi connectivity index (χ3v) is 3.54. The van der Waals surface area contributed by atoms with Crippen molar-refractivity contribution in [2.45, 2.75) is 26.3 Å². The summed E-state index contributed by atoms with van der Waals surface area (Å²) in [4.78, 5) is 13.6. The van der Waals surface area contributed by atoms with E-state index in [0.29, 0.717) is 12.4 Å². The molecule has 0 radical (unpaired) electrons. The van der Waals surface area contributed by atoms with Crippen molar-refractivity contribution in [3.05, 3.63) is 53.2 Å². The summed E-state index contributed by atoms with van der Waals surface area (Å²) in [5.74, 6) is 1.19. The van der Waals surface area contributed by atoms with Gasteiger partial charge in [0.05, 0.1) is 18.1 Å². The van der Waals surface area contributed by atoms with E-state index >= 15 is 0 Å². The molecule has 0 atom stereocenters. The minimum absolute atomic E-state index is 0.363. The standard InChI is InChI=1S/C15H15ClN4/c1-10-6-7-17-15-14(10)19-13(8-16)20(15)9-12-5-3-4-11(2)18-12/h3-7H,8-9H2,1-2H3. The highest BCUT2D eigenvalue weighted by molar-refractivity contribution is 6.16. The first-order valence-electron chi connectivity index (χ1n) is 6.48. The molecule has 20 heavy (non-hydrogen) atoms. The van der Waals surface area contributed by atoms with Crippen LogP contribution in [0.5, 0.6) is 0 Å². The van der Waals surface area contributed by atoms with Crippen molar-refractivity contribution in [2.75, 3.05) is 0 Å². The molecule has 0 aliphatic heterocycles. The van der Waals surface area contributed by atoms with E-state index in [-0.39, 0.29) is 0 Å². The monoisotopic (exact) mass is 286 g/mol. The molecule has 0 fully saturated rings. The molecule has 3 aromatic rings. The lowest BCUT2D eigenvalue weighted by Gasteiger charge is -2.07. The summed E-state index contributed by atoms with van der Waals surface area (Å²) in [6.45, 7) is 4.65. The van der Waals surface area contributed by atoms with Crippen LogP contribution in [-0.4, -0.2) is 19.5 Å². The summed E-state index contributed by atoms with van der Waals surface area (Å²) < 4.78 is 2.04. The number of hydrogen-bond acceptors (Lipinski definition) is 3. The summed E-state index contributed by atoms with van der Waals surface area (Å²) in [7, 11) is 0. The van der Waals surface area contributed by atoms with Gasteiger partial charge in [0.2, 0.25) is 0 Å². The summed E-state index contributed by atoms with van der Waals surface area (Å²) in [5.41, 5.74) is 4.87. The molecule has 102 valence electrons. The van der Waals surface area contributed by atoms with E-state index in [9.17, 15) is 0 Å². The van der Waals surface area contributed by atoms with Crippen LogP contribution in [-0.2, 0) is 12.4 Å². The molecule has 3 heterocycles. The van der Waals surface area contributed by atoms with E-state index in [4.69, 9.17) is 11.6 Å². The minimum atomic E-state index is 0.363. The number of hydrogen-bond donors (Lipinski definition) is 0. The molecule has 5 heteroatoms. The minimum Gasteiger partial charge on any atom is -0.306 e. The number of alkyl halides is 1. The van der Waals surface area contributed by atoms with Gasteiger partial charge >= 0.3 is 0 Å². The second-order valence-electron chi connectivity index (χ2n) is 4.82. The maximum atomic E-state index is 6.02. The van der Waals surface area contributed by atoms with Gasteiger partial charge in [-0.3, -0.25) is 4.98 Å².